The minimum absolute atomic E-state index is 0.0522. The maximum Gasteiger partial charge on any atom is 0.410 e. The Morgan fingerprint density at radius 2 is 1.79 bits per heavy atom. The normalized spacial score (nSPS) is 22.9. The van der Waals surface area contributed by atoms with E-state index >= 15 is 0 Å². The van der Waals surface area contributed by atoms with Gasteiger partial charge >= 0.3 is 6.09 Å². The van der Waals surface area contributed by atoms with E-state index in [1.807, 2.05) is 50.8 Å². The second kappa shape index (κ2) is 6.06. The van der Waals surface area contributed by atoms with Gasteiger partial charge in [-0.05, 0) is 57.9 Å². The Morgan fingerprint density at radius 1 is 1.17 bits per heavy atom. The summed E-state index contributed by atoms with van der Waals surface area (Å²) in [6, 6.07) is 5.85. The first-order valence-corrected chi connectivity index (χ1v) is 9.02. The first-order chi connectivity index (χ1) is 11.2. The van der Waals surface area contributed by atoms with Crippen LogP contribution in [0.2, 0.25) is 0 Å². The fourth-order valence-corrected chi connectivity index (χ4v) is 3.96. The zero-order valence-corrected chi connectivity index (χ0v) is 16.1. The lowest BCUT2D eigenvalue weighted by Crippen LogP contribution is -2.51. The van der Waals surface area contributed by atoms with Crippen molar-refractivity contribution >= 4 is 27.9 Å². The molecule has 24 heavy (non-hydrogen) atoms. The molecule has 0 aliphatic carbocycles. The molecule has 2 saturated heterocycles. The third kappa shape index (κ3) is 3.29. The van der Waals surface area contributed by atoms with Crippen LogP contribution in [0.15, 0.2) is 22.7 Å². The van der Waals surface area contributed by atoms with Gasteiger partial charge < -0.3 is 14.5 Å². The second-order valence-electron chi connectivity index (χ2n) is 7.59. The number of carbonyl (C=O) groups excluding carboxylic acids is 2. The van der Waals surface area contributed by atoms with Crippen LogP contribution in [-0.2, 0) is 4.74 Å². The van der Waals surface area contributed by atoms with Crippen molar-refractivity contribution in [3.05, 3.63) is 33.8 Å². The summed E-state index contributed by atoms with van der Waals surface area (Å²) in [6.45, 7) is 8.68. The first kappa shape index (κ1) is 17.3. The van der Waals surface area contributed by atoms with Crippen LogP contribution in [0.4, 0.5) is 4.79 Å². The lowest BCUT2D eigenvalue weighted by atomic mass is 10.1. The SMILES string of the molecule is Cc1cc(Br)ccc1C(=O)N1C[C@@H]2C[C@H]1CN2C(=O)OC(C)(C)C. The number of benzene rings is 1. The van der Waals surface area contributed by atoms with E-state index in [2.05, 4.69) is 15.9 Å². The summed E-state index contributed by atoms with van der Waals surface area (Å²) in [5, 5.41) is 0. The van der Waals surface area contributed by atoms with Gasteiger partial charge in [-0.25, -0.2) is 4.79 Å². The maximum atomic E-state index is 12.9. The molecule has 2 aliphatic rings. The van der Waals surface area contributed by atoms with Crippen molar-refractivity contribution in [2.24, 2.45) is 0 Å². The van der Waals surface area contributed by atoms with Crippen LogP contribution in [0.3, 0.4) is 0 Å². The molecule has 2 heterocycles. The van der Waals surface area contributed by atoms with Gasteiger partial charge in [0, 0.05) is 23.1 Å². The Morgan fingerprint density at radius 3 is 2.33 bits per heavy atom. The van der Waals surface area contributed by atoms with E-state index in [1.54, 1.807) is 4.90 Å². The minimum atomic E-state index is -0.497. The van der Waals surface area contributed by atoms with Gasteiger partial charge in [0.25, 0.3) is 5.91 Å². The molecule has 5 nitrogen and oxygen atoms in total. The third-order valence-corrected chi connectivity index (χ3v) is 5.04. The zero-order chi connectivity index (χ0) is 17.6. The summed E-state index contributed by atoms with van der Waals surface area (Å²) in [4.78, 5) is 28.8. The Balaban J connectivity index is 1.69. The Hall–Kier alpha value is -1.56. The molecule has 2 fully saturated rings. The van der Waals surface area contributed by atoms with Crippen LogP contribution in [0.1, 0.15) is 43.1 Å². The highest BCUT2D eigenvalue weighted by Crippen LogP contribution is 2.33. The predicted octanol–water partition coefficient (Wildman–Crippen LogP) is 3.59. The molecule has 0 unspecified atom stereocenters. The van der Waals surface area contributed by atoms with Crippen LogP contribution in [0.25, 0.3) is 0 Å². The number of halogens is 1. The second-order valence-corrected chi connectivity index (χ2v) is 8.51. The Bertz CT molecular complexity index is 683. The number of rotatable bonds is 1. The monoisotopic (exact) mass is 394 g/mol. The molecule has 0 aromatic heterocycles. The molecule has 6 heteroatoms. The van der Waals surface area contributed by atoms with Crippen molar-refractivity contribution < 1.29 is 14.3 Å². The summed E-state index contributed by atoms with van der Waals surface area (Å²) in [5.74, 6) is 0.0522. The molecule has 1 aromatic rings. The molecule has 0 N–H and O–H groups in total. The van der Waals surface area contributed by atoms with E-state index in [9.17, 15) is 9.59 Å². The largest absolute Gasteiger partial charge is 0.444 e. The van der Waals surface area contributed by atoms with Gasteiger partial charge in [0.1, 0.15) is 5.60 Å². The van der Waals surface area contributed by atoms with E-state index < -0.39 is 5.60 Å². The van der Waals surface area contributed by atoms with Gasteiger partial charge in [0.2, 0.25) is 0 Å². The predicted molar refractivity (Wildman–Crippen MR) is 95.0 cm³/mol. The average molecular weight is 395 g/mol. The van der Waals surface area contributed by atoms with Gasteiger partial charge in [-0.3, -0.25) is 4.79 Å². The van der Waals surface area contributed by atoms with Gasteiger partial charge in [-0.2, -0.15) is 0 Å². The standard InChI is InChI=1S/C18H23BrN2O3/c1-11-7-12(19)5-6-15(11)16(22)20-9-14-8-13(20)10-21(14)17(23)24-18(2,3)4/h5-7,13-14H,8-10H2,1-4H3/t13-,14-/m0/s1. The van der Waals surface area contributed by atoms with E-state index in [-0.39, 0.29) is 24.1 Å². The number of piperazine rings is 1. The fourth-order valence-electron chi connectivity index (χ4n) is 3.48. The summed E-state index contributed by atoms with van der Waals surface area (Å²) in [7, 11) is 0. The van der Waals surface area contributed by atoms with E-state index in [4.69, 9.17) is 4.74 Å². The van der Waals surface area contributed by atoms with Gasteiger partial charge in [-0.1, -0.05) is 15.9 Å². The van der Waals surface area contributed by atoms with Crippen molar-refractivity contribution in [1.82, 2.24) is 9.80 Å². The molecule has 0 spiro atoms. The number of amides is 2. The van der Waals surface area contributed by atoms with Crippen LogP contribution < -0.4 is 0 Å². The lowest BCUT2D eigenvalue weighted by molar-refractivity contribution is 0.0126. The van der Waals surface area contributed by atoms with Gasteiger partial charge in [0.15, 0.2) is 0 Å². The van der Waals surface area contributed by atoms with Gasteiger partial charge in [-0.15, -0.1) is 0 Å². The Kier molecular flexibility index (Phi) is 4.36. The first-order valence-electron chi connectivity index (χ1n) is 8.22. The van der Waals surface area contributed by atoms with Gasteiger partial charge in [0.05, 0.1) is 12.1 Å². The molecule has 1 aromatic carbocycles. The molecule has 2 bridgehead atoms. The van der Waals surface area contributed by atoms with E-state index in [0.29, 0.717) is 13.1 Å². The number of fused-ring (bicyclic) bond motifs is 2. The van der Waals surface area contributed by atoms with Crippen LogP contribution in [-0.4, -0.2) is 52.6 Å². The smallest absolute Gasteiger partial charge is 0.410 e. The van der Waals surface area contributed by atoms with Crippen LogP contribution in [0.5, 0.6) is 0 Å². The summed E-state index contributed by atoms with van der Waals surface area (Å²) < 4.78 is 6.43. The molecular weight excluding hydrogens is 372 g/mol. The highest BCUT2D eigenvalue weighted by molar-refractivity contribution is 9.10. The van der Waals surface area contributed by atoms with E-state index in [0.717, 1.165) is 22.0 Å². The number of carbonyl (C=O) groups is 2. The van der Waals surface area contributed by atoms with Crippen molar-refractivity contribution in [1.29, 1.82) is 0 Å². The van der Waals surface area contributed by atoms with Crippen LogP contribution >= 0.6 is 15.9 Å². The maximum absolute atomic E-state index is 12.9. The fraction of sp³-hybridized carbons (Fsp3) is 0.556. The molecular formula is C18H23BrN2O3. The molecule has 130 valence electrons. The average Bonchev–Trinajstić information content (AvgIpc) is 3.04. The quantitative estimate of drug-likeness (QED) is 0.730. The number of hydrogen-bond acceptors (Lipinski definition) is 3. The lowest BCUT2D eigenvalue weighted by Gasteiger charge is -2.35. The number of aryl methyl sites for hydroxylation is 1. The van der Waals surface area contributed by atoms with Crippen molar-refractivity contribution in [2.75, 3.05) is 13.1 Å². The molecule has 2 amide bonds. The minimum Gasteiger partial charge on any atom is -0.444 e. The number of nitrogens with zero attached hydrogens (tertiary/aromatic N) is 2. The topological polar surface area (TPSA) is 49.9 Å². The summed E-state index contributed by atoms with van der Waals surface area (Å²) in [5.41, 5.74) is 1.19. The number of ether oxygens (including phenoxy) is 1. The van der Waals surface area contributed by atoms with Crippen molar-refractivity contribution in [3.63, 3.8) is 0 Å². The molecule has 0 saturated carbocycles. The third-order valence-electron chi connectivity index (χ3n) is 4.55. The van der Waals surface area contributed by atoms with Crippen LogP contribution in [0, 0.1) is 6.92 Å². The molecule has 3 rings (SSSR count). The highest BCUT2D eigenvalue weighted by atomic mass is 79.9. The number of hydrogen-bond donors (Lipinski definition) is 0. The highest BCUT2D eigenvalue weighted by Gasteiger charge is 2.48. The molecule has 2 atom stereocenters. The Labute approximate surface area is 151 Å². The molecule has 2 aliphatic heterocycles. The van der Waals surface area contributed by atoms with Crippen molar-refractivity contribution in [2.45, 2.75) is 51.8 Å². The summed E-state index contributed by atoms with van der Waals surface area (Å²) >= 11 is 3.43. The molecule has 0 radical (unpaired) electrons. The van der Waals surface area contributed by atoms with Crippen molar-refractivity contribution in [3.8, 4) is 0 Å². The zero-order valence-electron chi connectivity index (χ0n) is 14.5. The number of likely N-dealkylation sites (tertiary alicyclic amines) is 2. The van der Waals surface area contributed by atoms with E-state index in [1.165, 1.54) is 0 Å². The summed E-state index contributed by atoms with van der Waals surface area (Å²) in [6.07, 6.45) is 0.558.